The second-order valence-corrected chi connectivity index (χ2v) is 8.54. The monoisotopic (exact) mass is 360 g/mol. The van der Waals surface area contributed by atoms with Crippen molar-refractivity contribution in [2.24, 2.45) is 0 Å². The van der Waals surface area contributed by atoms with Crippen molar-refractivity contribution in [3.05, 3.63) is 74.9 Å². The summed E-state index contributed by atoms with van der Waals surface area (Å²) in [7, 11) is 0. The molecule has 0 heterocycles. The minimum absolute atomic E-state index is 0.288. The van der Waals surface area contributed by atoms with E-state index in [0.717, 1.165) is 16.7 Å². The summed E-state index contributed by atoms with van der Waals surface area (Å²) in [6.45, 7) is 17.5. The molecule has 3 rings (SSSR count). The van der Waals surface area contributed by atoms with Gasteiger partial charge < -0.3 is 5.11 Å². The molecular weight excluding hydrogens is 328 g/mol. The summed E-state index contributed by atoms with van der Waals surface area (Å²) in [5.74, 6) is 1.01. The van der Waals surface area contributed by atoms with Gasteiger partial charge >= 0.3 is 0 Å². The fourth-order valence-electron chi connectivity index (χ4n) is 4.42. The molecule has 1 nitrogen and oxygen atoms in total. The highest BCUT2D eigenvalue weighted by Crippen LogP contribution is 2.48. The fourth-order valence-corrected chi connectivity index (χ4v) is 4.42. The average molecular weight is 361 g/mol. The number of phenols is 1. The topological polar surface area (TPSA) is 20.2 Å². The van der Waals surface area contributed by atoms with Gasteiger partial charge in [-0.15, -0.1) is 0 Å². The highest BCUT2D eigenvalue weighted by molar-refractivity contribution is 5.78. The van der Waals surface area contributed by atoms with E-state index in [-0.39, 0.29) is 5.92 Å². The molecule has 0 aromatic heterocycles. The molecule has 27 heavy (non-hydrogen) atoms. The minimum atomic E-state index is 0.288. The molecule has 2 aromatic rings. The van der Waals surface area contributed by atoms with Gasteiger partial charge in [0.15, 0.2) is 0 Å². The first-order chi connectivity index (χ1) is 12.6. The van der Waals surface area contributed by atoms with Gasteiger partial charge in [-0.2, -0.15) is 0 Å². The molecule has 1 N–H and O–H groups in total. The largest absolute Gasteiger partial charge is 0.507 e. The zero-order valence-electron chi connectivity index (χ0n) is 18.0. The molecular formula is C26H32O. The van der Waals surface area contributed by atoms with Crippen molar-refractivity contribution in [1.29, 1.82) is 0 Å². The Morgan fingerprint density at radius 2 is 1.30 bits per heavy atom. The summed E-state index contributed by atoms with van der Waals surface area (Å²) >= 11 is 0. The van der Waals surface area contributed by atoms with Crippen molar-refractivity contribution >= 4 is 0 Å². The van der Waals surface area contributed by atoms with E-state index >= 15 is 0 Å². The number of rotatable bonds is 3. The standard InChI is InChI=1S/C26H32O/c1-14(2)22-12-16(4)13-24(26(22)27)23-11-15(3)9-10-21(23)25-19(7)17(5)18(6)20(25)8/h9-14,25,27H,1-8H3. The van der Waals surface area contributed by atoms with Crippen LogP contribution in [0.3, 0.4) is 0 Å². The number of aryl methyl sites for hydroxylation is 2. The maximum atomic E-state index is 11.1. The zero-order chi connectivity index (χ0) is 20.0. The Kier molecular flexibility index (Phi) is 5.08. The molecule has 0 saturated carbocycles. The van der Waals surface area contributed by atoms with Gasteiger partial charge in [0.05, 0.1) is 0 Å². The van der Waals surface area contributed by atoms with Gasteiger partial charge in [0.1, 0.15) is 5.75 Å². The van der Waals surface area contributed by atoms with E-state index in [2.05, 4.69) is 85.7 Å². The van der Waals surface area contributed by atoms with Crippen molar-refractivity contribution < 1.29 is 5.11 Å². The van der Waals surface area contributed by atoms with E-state index in [1.54, 1.807) is 0 Å². The predicted molar refractivity (Wildman–Crippen MR) is 117 cm³/mol. The Bertz CT molecular complexity index is 946. The molecule has 142 valence electrons. The van der Waals surface area contributed by atoms with Crippen LogP contribution in [0.25, 0.3) is 11.1 Å². The Balaban J connectivity index is 2.30. The summed E-state index contributed by atoms with van der Waals surface area (Å²) in [5, 5.41) is 11.1. The van der Waals surface area contributed by atoms with Crippen LogP contribution in [0, 0.1) is 13.8 Å². The number of allylic oxidation sites excluding steroid dienone is 4. The molecule has 0 amide bonds. The second-order valence-electron chi connectivity index (χ2n) is 8.54. The molecule has 0 saturated heterocycles. The van der Waals surface area contributed by atoms with Gasteiger partial charge in [-0.3, -0.25) is 0 Å². The second kappa shape index (κ2) is 7.03. The molecule has 0 atom stereocenters. The first-order valence-corrected chi connectivity index (χ1v) is 9.93. The lowest BCUT2D eigenvalue weighted by Crippen LogP contribution is -2.03. The van der Waals surface area contributed by atoms with Crippen molar-refractivity contribution in [2.75, 3.05) is 0 Å². The first kappa shape index (κ1) is 19.5. The van der Waals surface area contributed by atoms with Gasteiger partial charge in [0.2, 0.25) is 0 Å². The van der Waals surface area contributed by atoms with Gasteiger partial charge in [-0.05, 0) is 86.9 Å². The maximum Gasteiger partial charge on any atom is 0.126 e. The van der Waals surface area contributed by atoms with Crippen LogP contribution in [-0.4, -0.2) is 5.11 Å². The Morgan fingerprint density at radius 3 is 1.85 bits per heavy atom. The number of aromatic hydroxyl groups is 1. The summed E-state index contributed by atoms with van der Waals surface area (Å²) in [6.07, 6.45) is 0. The number of hydrogen-bond donors (Lipinski definition) is 1. The summed E-state index contributed by atoms with van der Waals surface area (Å²) in [6, 6.07) is 10.9. The lowest BCUT2D eigenvalue weighted by atomic mass is 9.82. The van der Waals surface area contributed by atoms with Gasteiger partial charge in [-0.25, -0.2) is 0 Å². The van der Waals surface area contributed by atoms with Gasteiger partial charge in [-0.1, -0.05) is 54.8 Å². The molecule has 0 unspecified atom stereocenters. The zero-order valence-corrected chi connectivity index (χ0v) is 18.0. The molecule has 0 fully saturated rings. The van der Waals surface area contributed by atoms with Crippen LogP contribution in [0.4, 0.5) is 0 Å². The van der Waals surface area contributed by atoms with Crippen molar-refractivity contribution in [3.8, 4) is 16.9 Å². The average Bonchev–Trinajstić information content (AvgIpc) is 2.80. The molecule has 0 spiro atoms. The molecule has 1 heteroatoms. The fraction of sp³-hybridized carbons (Fsp3) is 0.385. The highest BCUT2D eigenvalue weighted by atomic mass is 16.3. The first-order valence-electron chi connectivity index (χ1n) is 9.93. The van der Waals surface area contributed by atoms with Crippen LogP contribution in [-0.2, 0) is 0 Å². The molecule has 1 aliphatic carbocycles. The minimum Gasteiger partial charge on any atom is -0.507 e. The third kappa shape index (κ3) is 3.25. The van der Waals surface area contributed by atoms with E-state index < -0.39 is 0 Å². The summed E-state index contributed by atoms with van der Waals surface area (Å²) < 4.78 is 0. The quantitative estimate of drug-likeness (QED) is 0.598. The van der Waals surface area contributed by atoms with E-state index in [9.17, 15) is 5.11 Å². The van der Waals surface area contributed by atoms with Crippen molar-refractivity contribution in [1.82, 2.24) is 0 Å². The van der Waals surface area contributed by atoms with Crippen LogP contribution in [0.1, 0.15) is 75.6 Å². The maximum absolute atomic E-state index is 11.1. The molecule has 1 aliphatic rings. The lowest BCUT2D eigenvalue weighted by Gasteiger charge is -2.22. The third-order valence-corrected chi connectivity index (χ3v) is 6.33. The Hall–Kier alpha value is -2.28. The summed E-state index contributed by atoms with van der Waals surface area (Å²) in [5.41, 5.74) is 12.5. The van der Waals surface area contributed by atoms with E-state index in [1.165, 1.54) is 39.0 Å². The van der Waals surface area contributed by atoms with E-state index in [4.69, 9.17) is 0 Å². The van der Waals surface area contributed by atoms with E-state index in [1.807, 2.05) is 0 Å². The molecule has 0 aliphatic heterocycles. The Morgan fingerprint density at radius 1 is 0.741 bits per heavy atom. The van der Waals surface area contributed by atoms with Gasteiger partial charge in [0, 0.05) is 11.5 Å². The SMILES string of the molecule is CC1=C(C)C(c2ccc(C)cc2-c2cc(C)cc(C(C)C)c2O)C(C)=C1C. The number of benzene rings is 2. The Labute approximate surface area is 164 Å². The lowest BCUT2D eigenvalue weighted by molar-refractivity contribution is 0.466. The predicted octanol–water partition coefficient (Wildman–Crippen LogP) is 7.57. The van der Waals surface area contributed by atoms with Crippen LogP contribution in [0.5, 0.6) is 5.75 Å². The number of hydrogen-bond acceptors (Lipinski definition) is 1. The normalized spacial score (nSPS) is 15.4. The van der Waals surface area contributed by atoms with Crippen LogP contribution >= 0.6 is 0 Å². The third-order valence-electron chi connectivity index (χ3n) is 6.33. The molecule has 2 aromatic carbocycles. The highest BCUT2D eigenvalue weighted by Gasteiger charge is 2.28. The smallest absolute Gasteiger partial charge is 0.126 e. The van der Waals surface area contributed by atoms with Crippen LogP contribution in [0.2, 0.25) is 0 Å². The van der Waals surface area contributed by atoms with Crippen LogP contribution < -0.4 is 0 Å². The van der Waals surface area contributed by atoms with Crippen molar-refractivity contribution in [2.45, 2.75) is 67.2 Å². The van der Waals surface area contributed by atoms with E-state index in [0.29, 0.717) is 11.7 Å². The molecule has 0 radical (unpaired) electrons. The van der Waals surface area contributed by atoms with Crippen molar-refractivity contribution in [3.63, 3.8) is 0 Å². The van der Waals surface area contributed by atoms with Gasteiger partial charge in [0.25, 0.3) is 0 Å². The van der Waals surface area contributed by atoms with Crippen LogP contribution in [0.15, 0.2) is 52.6 Å². The number of phenolic OH excluding ortho intramolecular Hbond substituents is 1. The molecule has 0 bridgehead atoms. The summed E-state index contributed by atoms with van der Waals surface area (Å²) in [4.78, 5) is 0.